The molecule has 0 spiro atoms. The Hall–Kier alpha value is 0.500. The molecule has 0 amide bonds. The minimum absolute atomic E-state index is 0. The van der Waals surface area contributed by atoms with Gasteiger partial charge in [-0.15, -0.1) is 11.6 Å². The SMILES string of the molecule is CC(Cl)CC(=O)[O-].[Ag+]. The van der Waals surface area contributed by atoms with Gasteiger partial charge >= 0.3 is 22.4 Å². The molecule has 2 nitrogen and oxygen atoms in total. The van der Waals surface area contributed by atoms with E-state index in [1.54, 1.807) is 6.92 Å². The van der Waals surface area contributed by atoms with Crippen LogP contribution in [0.1, 0.15) is 13.3 Å². The molecule has 1 unspecified atom stereocenters. The van der Waals surface area contributed by atoms with E-state index in [4.69, 9.17) is 11.6 Å². The van der Waals surface area contributed by atoms with Gasteiger partial charge in [-0.2, -0.15) is 0 Å². The van der Waals surface area contributed by atoms with Gasteiger partial charge < -0.3 is 9.90 Å². The zero-order valence-corrected chi connectivity index (χ0v) is 6.52. The summed E-state index contributed by atoms with van der Waals surface area (Å²) >= 11 is 5.25. The Morgan fingerprint density at radius 1 is 1.88 bits per heavy atom. The Kier molecular flexibility index (Phi) is 7.97. The first-order valence-electron chi connectivity index (χ1n) is 1.97. The topological polar surface area (TPSA) is 40.1 Å². The first kappa shape index (κ1) is 11.3. The molecule has 0 saturated carbocycles. The molecule has 0 radical (unpaired) electrons. The number of aliphatic carboxylic acids is 1. The van der Waals surface area contributed by atoms with Crippen molar-refractivity contribution in [2.45, 2.75) is 18.7 Å². The monoisotopic (exact) mass is 228 g/mol. The third-order valence-corrected chi connectivity index (χ3v) is 0.602. The van der Waals surface area contributed by atoms with Gasteiger partial charge in [-0.1, -0.05) is 0 Å². The molecule has 0 aromatic carbocycles. The summed E-state index contributed by atoms with van der Waals surface area (Å²) < 4.78 is 0. The molecule has 0 N–H and O–H groups in total. The van der Waals surface area contributed by atoms with E-state index in [1.807, 2.05) is 0 Å². The number of hydrogen-bond acceptors (Lipinski definition) is 2. The van der Waals surface area contributed by atoms with E-state index in [0.29, 0.717) is 0 Å². The van der Waals surface area contributed by atoms with Crippen molar-refractivity contribution in [2.24, 2.45) is 0 Å². The van der Waals surface area contributed by atoms with Gasteiger partial charge in [0.1, 0.15) is 0 Å². The molecule has 0 aromatic heterocycles. The van der Waals surface area contributed by atoms with Crippen LogP contribution in [0.3, 0.4) is 0 Å². The first-order chi connectivity index (χ1) is 3.13. The average molecular weight is 229 g/mol. The van der Waals surface area contributed by atoms with Crippen LogP contribution in [0.25, 0.3) is 0 Å². The summed E-state index contributed by atoms with van der Waals surface area (Å²) in [5, 5.41) is 9.30. The quantitative estimate of drug-likeness (QED) is 0.484. The van der Waals surface area contributed by atoms with Gasteiger partial charge in [0, 0.05) is 17.8 Å². The maximum absolute atomic E-state index is 9.61. The number of halogens is 1. The first-order valence-corrected chi connectivity index (χ1v) is 2.40. The number of carboxylic acids is 1. The number of rotatable bonds is 2. The van der Waals surface area contributed by atoms with Crippen LogP contribution in [0, 0.1) is 0 Å². The second-order valence-electron chi connectivity index (χ2n) is 1.36. The van der Waals surface area contributed by atoms with Gasteiger partial charge in [0.15, 0.2) is 0 Å². The smallest absolute Gasteiger partial charge is 0.550 e. The molecule has 0 heterocycles. The standard InChI is InChI=1S/C4H7ClO2.Ag/c1-3(5)2-4(6)7;/h3H,2H2,1H3,(H,6,7);/q;+1/p-1. The normalized spacial score (nSPS) is 11.8. The van der Waals surface area contributed by atoms with Crippen molar-refractivity contribution in [3.63, 3.8) is 0 Å². The third-order valence-electron chi connectivity index (χ3n) is 0.448. The maximum Gasteiger partial charge on any atom is 1.00 e. The van der Waals surface area contributed by atoms with E-state index in [9.17, 15) is 9.90 Å². The molecule has 0 aromatic rings. The Labute approximate surface area is 68.7 Å². The van der Waals surface area contributed by atoms with Gasteiger partial charge in [0.2, 0.25) is 0 Å². The van der Waals surface area contributed by atoms with Crippen molar-refractivity contribution in [2.75, 3.05) is 0 Å². The van der Waals surface area contributed by atoms with E-state index >= 15 is 0 Å². The van der Waals surface area contributed by atoms with Crippen LogP contribution in [0.5, 0.6) is 0 Å². The summed E-state index contributed by atoms with van der Waals surface area (Å²) in [6.45, 7) is 1.61. The van der Waals surface area contributed by atoms with Crippen LogP contribution >= 0.6 is 11.6 Å². The minimum Gasteiger partial charge on any atom is -0.550 e. The van der Waals surface area contributed by atoms with Crippen LogP contribution in [-0.4, -0.2) is 11.3 Å². The Morgan fingerprint density at radius 3 is 2.25 bits per heavy atom. The predicted octanol–water partition coefficient (Wildman–Crippen LogP) is -0.249. The maximum atomic E-state index is 9.61. The molecule has 52 valence electrons. The van der Waals surface area contributed by atoms with E-state index < -0.39 is 5.97 Å². The van der Waals surface area contributed by atoms with Gasteiger partial charge in [0.25, 0.3) is 0 Å². The molecule has 0 fully saturated rings. The molecule has 0 aliphatic rings. The van der Waals surface area contributed by atoms with E-state index in [2.05, 4.69) is 0 Å². The van der Waals surface area contributed by atoms with Gasteiger partial charge in [-0.05, 0) is 6.92 Å². The second kappa shape index (κ2) is 5.63. The second-order valence-corrected chi connectivity index (χ2v) is 2.10. The van der Waals surface area contributed by atoms with Crippen molar-refractivity contribution >= 4 is 17.6 Å². The number of hydrogen-bond donors (Lipinski definition) is 0. The molecule has 0 aliphatic carbocycles. The summed E-state index contributed by atoms with van der Waals surface area (Å²) in [7, 11) is 0. The molecule has 0 rings (SSSR count). The molecule has 4 heteroatoms. The molecule has 0 bridgehead atoms. The average Bonchev–Trinajstić information content (AvgIpc) is 1.27. The zero-order valence-electron chi connectivity index (χ0n) is 4.28. The fraction of sp³-hybridized carbons (Fsp3) is 0.750. The summed E-state index contributed by atoms with van der Waals surface area (Å²) in [5.74, 6) is -1.09. The van der Waals surface area contributed by atoms with Crippen LogP contribution in [0.15, 0.2) is 0 Å². The van der Waals surface area contributed by atoms with Crippen molar-refractivity contribution in [3.05, 3.63) is 0 Å². The van der Waals surface area contributed by atoms with Crippen LogP contribution in [0.2, 0.25) is 0 Å². The Balaban J connectivity index is 0. The molecule has 8 heavy (non-hydrogen) atoms. The van der Waals surface area contributed by atoms with Crippen LogP contribution < -0.4 is 5.11 Å². The largest absolute Gasteiger partial charge is 1.00 e. The van der Waals surface area contributed by atoms with Crippen molar-refractivity contribution < 1.29 is 32.3 Å². The number of carbonyl (C=O) groups excluding carboxylic acids is 1. The molecule has 0 aliphatic heterocycles. The van der Waals surface area contributed by atoms with Crippen molar-refractivity contribution in [1.82, 2.24) is 0 Å². The zero-order chi connectivity index (χ0) is 5.86. The third kappa shape index (κ3) is 9.71. The summed E-state index contributed by atoms with van der Waals surface area (Å²) in [6, 6.07) is 0. The van der Waals surface area contributed by atoms with E-state index in [0.717, 1.165) is 0 Å². The summed E-state index contributed by atoms with van der Waals surface area (Å²) in [5.41, 5.74) is 0. The van der Waals surface area contributed by atoms with Crippen molar-refractivity contribution in [3.8, 4) is 0 Å². The minimum atomic E-state index is -1.09. The predicted molar refractivity (Wildman–Crippen MR) is 24.9 cm³/mol. The number of carboxylic acid groups (broad SMARTS) is 1. The van der Waals surface area contributed by atoms with Crippen molar-refractivity contribution in [1.29, 1.82) is 0 Å². The number of carbonyl (C=O) groups is 1. The number of alkyl halides is 1. The van der Waals surface area contributed by atoms with Gasteiger partial charge in [0.05, 0.1) is 0 Å². The summed E-state index contributed by atoms with van der Waals surface area (Å²) in [4.78, 5) is 9.61. The van der Waals surface area contributed by atoms with E-state index in [1.165, 1.54) is 0 Å². The van der Waals surface area contributed by atoms with E-state index in [-0.39, 0.29) is 34.2 Å². The van der Waals surface area contributed by atoms with Gasteiger partial charge in [-0.3, -0.25) is 0 Å². The van der Waals surface area contributed by atoms with Crippen LogP contribution in [0.4, 0.5) is 0 Å². The Bertz CT molecular complexity index is 74.4. The summed E-state index contributed by atoms with van der Waals surface area (Å²) in [6.07, 6.45) is -0.0679. The van der Waals surface area contributed by atoms with Crippen LogP contribution in [-0.2, 0) is 27.2 Å². The molecule has 1 atom stereocenters. The fourth-order valence-electron chi connectivity index (χ4n) is 0.230. The Morgan fingerprint density at radius 2 is 2.25 bits per heavy atom. The fourth-order valence-corrected chi connectivity index (χ4v) is 0.356. The van der Waals surface area contributed by atoms with Gasteiger partial charge in [-0.25, -0.2) is 0 Å². The molecular formula is C4H6AgClO2. The molecular weight excluding hydrogens is 223 g/mol. The molecule has 0 saturated heterocycles.